The fourth-order valence-electron chi connectivity index (χ4n) is 2.94. The minimum atomic E-state index is -1.37. The number of carboxylic acids is 2. The minimum Gasteiger partial charge on any atom is -0.478 e. The molecule has 3 rings (SSSR count). The molecular weight excluding hydrogens is 315 g/mol. The Morgan fingerprint density at radius 1 is 1.25 bits per heavy atom. The summed E-state index contributed by atoms with van der Waals surface area (Å²) in [6.45, 7) is 0.270. The van der Waals surface area contributed by atoms with Crippen molar-refractivity contribution in [2.45, 2.75) is 12.6 Å². The van der Waals surface area contributed by atoms with E-state index in [9.17, 15) is 19.1 Å². The summed E-state index contributed by atoms with van der Waals surface area (Å²) in [6, 6.07) is 7.60. The topological polar surface area (TPSA) is 90.7 Å². The molecule has 24 heavy (non-hydrogen) atoms. The number of hydrogen-bond donors (Lipinski definition) is 2. The van der Waals surface area contributed by atoms with E-state index in [4.69, 9.17) is 5.11 Å². The Morgan fingerprint density at radius 3 is 2.67 bits per heavy atom. The van der Waals surface area contributed by atoms with Crippen LogP contribution in [0.1, 0.15) is 17.2 Å². The summed E-state index contributed by atoms with van der Waals surface area (Å²) in [6.07, 6.45) is 3.09. The van der Waals surface area contributed by atoms with E-state index in [1.807, 2.05) is 6.07 Å². The van der Waals surface area contributed by atoms with Crippen molar-refractivity contribution in [2.75, 3.05) is 4.90 Å². The largest absolute Gasteiger partial charge is 0.478 e. The second-order valence-corrected chi connectivity index (χ2v) is 5.30. The zero-order valence-electron chi connectivity index (χ0n) is 12.4. The maximum Gasteiger partial charge on any atom is 0.334 e. The second-order valence-electron chi connectivity index (χ2n) is 5.30. The van der Waals surface area contributed by atoms with Gasteiger partial charge in [0.1, 0.15) is 0 Å². The van der Waals surface area contributed by atoms with Gasteiger partial charge in [-0.15, -0.1) is 0 Å². The summed E-state index contributed by atoms with van der Waals surface area (Å²) in [4.78, 5) is 27.9. The normalized spacial score (nSPS) is 16.8. The number of nitrogens with zero attached hydrogens (tertiary/aromatic N) is 2. The van der Waals surface area contributed by atoms with Crippen LogP contribution in [-0.2, 0) is 16.1 Å². The Morgan fingerprint density at radius 2 is 2.00 bits per heavy atom. The first-order valence-corrected chi connectivity index (χ1v) is 7.11. The van der Waals surface area contributed by atoms with Crippen LogP contribution in [-0.4, -0.2) is 27.1 Å². The molecule has 0 saturated heterocycles. The highest BCUT2D eigenvalue weighted by Crippen LogP contribution is 2.42. The predicted molar refractivity (Wildman–Crippen MR) is 82.9 cm³/mol. The number of anilines is 1. The summed E-state index contributed by atoms with van der Waals surface area (Å²) in [7, 11) is 0. The minimum absolute atomic E-state index is 0.170. The Labute approximate surface area is 136 Å². The van der Waals surface area contributed by atoms with Crippen LogP contribution in [0.4, 0.5) is 10.1 Å². The maximum absolute atomic E-state index is 14.2. The quantitative estimate of drug-likeness (QED) is 0.838. The Hall–Kier alpha value is -3.22. The van der Waals surface area contributed by atoms with E-state index >= 15 is 0 Å². The first-order chi connectivity index (χ1) is 11.5. The lowest BCUT2D eigenvalue weighted by Gasteiger charge is -2.27. The molecule has 0 bridgehead atoms. The van der Waals surface area contributed by atoms with Crippen LogP contribution in [0.25, 0.3) is 0 Å². The van der Waals surface area contributed by atoms with Gasteiger partial charge in [0.25, 0.3) is 0 Å². The molecule has 2 heterocycles. The number of benzene rings is 1. The Bertz CT molecular complexity index is 850. The highest BCUT2D eigenvalue weighted by molar-refractivity contribution is 5.97. The SMILES string of the molecule is O=C(O)C=C(C(=O)O)C1c2ccccc2CN1c1ccncc1F. The lowest BCUT2D eigenvalue weighted by atomic mass is 9.97. The molecule has 0 radical (unpaired) electrons. The van der Waals surface area contributed by atoms with Gasteiger partial charge in [-0.2, -0.15) is 0 Å². The Kier molecular flexibility index (Phi) is 3.99. The van der Waals surface area contributed by atoms with Gasteiger partial charge in [0, 0.05) is 18.8 Å². The zero-order chi connectivity index (χ0) is 17.3. The number of hydrogen-bond acceptors (Lipinski definition) is 4. The molecule has 1 aromatic carbocycles. The summed E-state index contributed by atoms with van der Waals surface area (Å²) in [5.74, 6) is -3.33. The molecule has 0 saturated carbocycles. The van der Waals surface area contributed by atoms with E-state index in [0.717, 1.165) is 11.8 Å². The highest BCUT2D eigenvalue weighted by atomic mass is 19.1. The van der Waals surface area contributed by atoms with E-state index in [1.165, 1.54) is 17.2 Å². The lowest BCUT2D eigenvalue weighted by Crippen LogP contribution is -2.27. The van der Waals surface area contributed by atoms with Crippen LogP contribution < -0.4 is 4.90 Å². The molecule has 1 aromatic heterocycles. The lowest BCUT2D eigenvalue weighted by molar-refractivity contribution is -0.135. The molecule has 0 amide bonds. The number of aliphatic carboxylic acids is 2. The number of fused-ring (bicyclic) bond motifs is 1. The molecule has 6 nitrogen and oxygen atoms in total. The number of carboxylic acid groups (broad SMARTS) is 2. The van der Waals surface area contributed by atoms with Crippen molar-refractivity contribution in [3.8, 4) is 0 Å². The second kappa shape index (κ2) is 6.11. The number of carbonyl (C=O) groups is 2. The van der Waals surface area contributed by atoms with Crippen molar-refractivity contribution in [3.63, 3.8) is 0 Å². The molecule has 7 heteroatoms. The number of rotatable bonds is 4. The van der Waals surface area contributed by atoms with E-state index in [0.29, 0.717) is 11.6 Å². The molecule has 1 aliphatic rings. The third-order valence-corrected chi connectivity index (χ3v) is 3.88. The van der Waals surface area contributed by atoms with Crippen molar-refractivity contribution in [2.24, 2.45) is 0 Å². The number of pyridine rings is 1. The molecule has 0 fully saturated rings. The number of halogens is 1. The van der Waals surface area contributed by atoms with Crippen LogP contribution in [0, 0.1) is 5.82 Å². The zero-order valence-corrected chi connectivity index (χ0v) is 12.4. The van der Waals surface area contributed by atoms with Crippen LogP contribution in [0.15, 0.2) is 54.4 Å². The van der Waals surface area contributed by atoms with E-state index in [1.54, 1.807) is 18.2 Å². The predicted octanol–water partition coefficient (Wildman–Crippen LogP) is 2.38. The van der Waals surface area contributed by atoms with Gasteiger partial charge in [-0.1, -0.05) is 24.3 Å². The van der Waals surface area contributed by atoms with Gasteiger partial charge in [-0.3, -0.25) is 4.98 Å². The molecule has 1 unspecified atom stereocenters. The summed E-state index contributed by atoms with van der Waals surface area (Å²) in [5, 5.41) is 18.5. The van der Waals surface area contributed by atoms with Gasteiger partial charge < -0.3 is 15.1 Å². The van der Waals surface area contributed by atoms with E-state index in [-0.39, 0.29) is 17.8 Å². The van der Waals surface area contributed by atoms with Crippen molar-refractivity contribution in [1.82, 2.24) is 4.98 Å². The van der Waals surface area contributed by atoms with Crippen molar-refractivity contribution >= 4 is 17.6 Å². The van der Waals surface area contributed by atoms with Gasteiger partial charge in [-0.05, 0) is 17.2 Å². The molecule has 122 valence electrons. The fourth-order valence-corrected chi connectivity index (χ4v) is 2.94. The third-order valence-electron chi connectivity index (χ3n) is 3.88. The van der Waals surface area contributed by atoms with Crippen LogP contribution in [0.2, 0.25) is 0 Å². The van der Waals surface area contributed by atoms with Gasteiger partial charge in [0.15, 0.2) is 5.82 Å². The summed E-state index contributed by atoms with van der Waals surface area (Å²) in [5.41, 5.74) is 1.30. The molecular formula is C17H13FN2O4. The van der Waals surface area contributed by atoms with Gasteiger partial charge in [0.05, 0.1) is 23.5 Å². The molecule has 2 N–H and O–H groups in total. The summed E-state index contributed by atoms with van der Waals surface area (Å²) >= 11 is 0. The molecule has 1 atom stereocenters. The first-order valence-electron chi connectivity index (χ1n) is 7.11. The van der Waals surface area contributed by atoms with Gasteiger partial charge >= 0.3 is 11.9 Å². The van der Waals surface area contributed by atoms with Crippen LogP contribution in [0.5, 0.6) is 0 Å². The average Bonchev–Trinajstić information content (AvgIpc) is 2.91. The van der Waals surface area contributed by atoms with Gasteiger partial charge in [-0.25, -0.2) is 14.0 Å². The van der Waals surface area contributed by atoms with E-state index < -0.39 is 23.8 Å². The van der Waals surface area contributed by atoms with Crippen molar-refractivity contribution < 1.29 is 24.2 Å². The van der Waals surface area contributed by atoms with E-state index in [2.05, 4.69) is 4.98 Å². The standard InChI is InChI=1S/C17H13FN2O4/c18-13-8-19-6-5-14(13)20-9-10-3-1-2-4-11(10)16(20)12(17(23)24)7-15(21)22/h1-8,16H,9H2,(H,21,22)(H,23,24). The maximum atomic E-state index is 14.2. The van der Waals surface area contributed by atoms with Crippen molar-refractivity contribution in [1.29, 1.82) is 0 Å². The summed E-state index contributed by atoms with van der Waals surface area (Å²) < 4.78 is 14.2. The van der Waals surface area contributed by atoms with Crippen LogP contribution >= 0.6 is 0 Å². The number of aromatic nitrogens is 1. The molecule has 2 aromatic rings. The fraction of sp³-hybridized carbons (Fsp3) is 0.118. The molecule has 1 aliphatic heterocycles. The Balaban J connectivity index is 2.18. The smallest absolute Gasteiger partial charge is 0.334 e. The monoisotopic (exact) mass is 328 g/mol. The van der Waals surface area contributed by atoms with Crippen molar-refractivity contribution in [3.05, 3.63) is 71.3 Å². The third kappa shape index (κ3) is 2.71. The average molecular weight is 328 g/mol. The first kappa shape index (κ1) is 15.7. The van der Waals surface area contributed by atoms with Crippen LogP contribution in [0.3, 0.4) is 0 Å². The molecule has 0 spiro atoms. The highest BCUT2D eigenvalue weighted by Gasteiger charge is 2.37. The molecule has 0 aliphatic carbocycles. The van der Waals surface area contributed by atoms with Gasteiger partial charge in [0.2, 0.25) is 0 Å².